The second-order valence-corrected chi connectivity index (χ2v) is 10.5. The van der Waals surface area contributed by atoms with E-state index in [9.17, 15) is 14.4 Å². The lowest BCUT2D eigenvalue weighted by atomic mass is 9.49. The Kier molecular flexibility index (Phi) is 6.40. The maximum atomic E-state index is 13.1. The zero-order chi connectivity index (χ0) is 23.5. The summed E-state index contributed by atoms with van der Waals surface area (Å²) in [6.45, 7) is 0.427. The van der Waals surface area contributed by atoms with Gasteiger partial charge in [0.2, 0.25) is 11.8 Å². The van der Waals surface area contributed by atoms with Crippen LogP contribution in [0.5, 0.6) is 0 Å². The number of anilines is 1. The minimum atomic E-state index is -0.317. The van der Waals surface area contributed by atoms with E-state index in [1.165, 1.54) is 19.3 Å². The Morgan fingerprint density at radius 3 is 2.09 bits per heavy atom. The summed E-state index contributed by atoms with van der Waals surface area (Å²) in [5, 5.41) is 8.65. The van der Waals surface area contributed by atoms with Crippen LogP contribution in [-0.2, 0) is 16.0 Å². The average Bonchev–Trinajstić information content (AvgIpc) is 2.82. The van der Waals surface area contributed by atoms with Crippen LogP contribution in [-0.4, -0.2) is 30.8 Å². The highest BCUT2D eigenvalue weighted by Gasteiger charge is 2.54. The van der Waals surface area contributed by atoms with Crippen molar-refractivity contribution in [1.29, 1.82) is 0 Å². The summed E-state index contributed by atoms with van der Waals surface area (Å²) in [7, 11) is 0. The third-order valence-corrected chi connectivity index (χ3v) is 7.92. The summed E-state index contributed by atoms with van der Waals surface area (Å²) in [5.41, 5.74) is 1.75. The molecule has 4 bridgehead atoms. The largest absolute Gasteiger partial charge is 0.352 e. The van der Waals surface area contributed by atoms with Crippen LogP contribution in [0.25, 0.3) is 0 Å². The molecule has 178 valence electrons. The normalized spacial score (nSPS) is 26.6. The molecule has 4 saturated carbocycles. The summed E-state index contributed by atoms with van der Waals surface area (Å²) < 4.78 is 0. The average molecular weight is 460 g/mol. The smallest absolute Gasteiger partial charge is 0.253 e. The molecule has 2 aromatic rings. The second-order valence-electron chi connectivity index (χ2n) is 10.5. The Morgan fingerprint density at radius 1 is 0.794 bits per heavy atom. The quantitative estimate of drug-likeness (QED) is 0.559. The van der Waals surface area contributed by atoms with Gasteiger partial charge in [-0.25, -0.2) is 0 Å². The van der Waals surface area contributed by atoms with Crippen molar-refractivity contribution in [2.45, 2.75) is 44.9 Å². The van der Waals surface area contributed by atoms with Gasteiger partial charge in [-0.1, -0.05) is 42.5 Å². The van der Waals surface area contributed by atoms with E-state index in [-0.39, 0.29) is 29.7 Å². The van der Waals surface area contributed by atoms with Crippen LogP contribution in [0.4, 0.5) is 5.69 Å². The van der Waals surface area contributed by atoms with Crippen molar-refractivity contribution in [1.82, 2.24) is 10.6 Å². The third-order valence-electron chi connectivity index (χ3n) is 7.92. The molecule has 4 aliphatic rings. The van der Waals surface area contributed by atoms with Gasteiger partial charge in [-0.05, 0) is 80.4 Å². The molecule has 34 heavy (non-hydrogen) atoms. The molecule has 6 rings (SSSR count). The number of hydrogen-bond donors (Lipinski definition) is 3. The van der Waals surface area contributed by atoms with Crippen molar-refractivity contribution in [3.05, 3.63) is 65.7 Å². The summed E-state index contributed by atoms with van der Waals surface area (Å²) >= 11 is 0. The highest BCUT2D eigenvalue weighted by molar-refractivity contribution is 6.04. The van der Waals surface area contributed by atoms with Crippen LogP contribution in [0, 0.1) is 23.2 Å². The molecule has 3 N–H and O–H groups in total. The SMILES string of the molecule is O=C(CNC(=O)C12CC3CC(CC(C3)C1)C2)Nc1ccccc1C(=O)NCCc1ccccc1. The Labute approximate surface area is 200 Å². The van der Waals surface area contributed by atoms with Gasteiger partial charge in [0.25, 0.3) is 5.91 Å². The summed E-state index contributed by atoms with van der Waals surface area (Å²) in [6, 6.07) is 16.9. The van der Waals surface area contributed by atoms with Gasteiger partial charge in [0.1, 0.15) is 0 Å². The maximum absolute atomic E-state index is 13.1. The van der Waals surface area contributed by atoms with Crippen LogP contribution >= 0.6 is 0 Å². The molecule has 0 radical (unpaired) electrons. The van der Waals surface area contributed by atoms with E-state index in [4.69, 9.17) is 0 Å². The second kappa shape index (κ2) is 9.61. The van der Waals surface area contributed by atoms with E-state index in [1.807, 2.05) is 30.3 Å². The van der Waals surface area contributed by atoms with Gasteiger partial charge in [0.15, 0.2) is 0 Å². The molecule has 0 atom stereocenters. The molecule has 0 saturated heterocycles. The maximum Gasteiger partial charge on any atom is 0.253 e. The third kappa shape index (κ3) is 4.86. The first kappa shape index (κ1) is 22.6. The molecular weight excluding hydrogens is 426 g/mol. The van der Waals surface area contributed by atoms with Crippen molar-refractivity contribution >= 4 is 23.4 Å². The van der Waals surface area contributed by atoms with E-state index in [0.717, 1.165) is 31.2 Å². The zero-order valence-corrected chi connectivity index (χ0v) is 19.5. The predicted molar refractivity (Wildman–Crippen MR) is 131 cm³/mol. The van der Waals surface area contributed by atoms with Crippen molar-refractivity contribution in [2.75, 3.05) is 18.4 Å². The van der Waals surface area contributed by atoms with E-state index < -0.39 is 0 Å². The fourth-order valence-corrected chi connectivity index (χ4v) is 6.78. The highest BCUT2D eigenvalue weighted by atomic mass is 16.2. The molecule has 6 nitrogen and oxygen atoms in total. The van der Waals surface area contributed by atoms with Crippen LogP contribution in [0.2, 0.25) is 0 Å². The lowest BCUT2D eigenvalue weighted by molar-refractivity contribution is -0.146. The van der Waals surface area contributed by atoms with Gasteiger partial charge < -0.3 is 16.0 Å². The van der Waals surface area contributed by atoms with Gasteiger partial charge in [0, 0.05) is 12.0 Å². The van der Waals surface area contributed by atoms with Gasteiger partial charge in [-0.3, -0.25) is 14.4 Å². The van der Waals surface area contributed by atoms with E-state index in [0.29, 0.717) is 35.5 Å². The lowest BCUT2D eigenvalue weighted by Gasteiger charge is -2.55. The van der Waals surface area contributed by atoms with E-state index in [2.05, 4.69) is 16.0 Å². The first-order valence-electron chi connectivity index (χ1n) is 12.5. The van der Waals surface area contributed by atoms with E-state index >= 15 is 0 Å². The molecule has 2 aromatic carbocycles. The summed E-state index contributed by atoms with van der Waals surface area (Å²) in [5.74, 6) is 1.52. The lowest BCUT2D eigenvalue weighted by Crippen LogP contribution is -2.54. The first-order valence-corrected chi connectivity index (χ1v) is 12.5. The van der Waals surface area contributed by atoms with E-state index in [1.54, 1.807) is 24.3 Å². The molecule has 0 aromatic heterocycles. The predicted octanol–water partition coefficient (Wildman–Crippen LogP) is 3.93. The summed E-state index contributed by atoms with van der Waals surface area (Å²) in [6.07, 6.45) is 7.47. The van der Waals surface area contributed by atoms with Gasteiger partial charge in [-0.15, -0.1) is 0 Å². The molecule has 4 aliphatic carbocycles. The minimum Gasteiger partial charge on any atom is -0.352 e. The Hall–Kier alpha value is -3.15. The Balaban J connectivity index is 1.14. The number of nitrogens with one attached hydrogen (secondary N) is 3. The molecular formula is C28H33N3O3. The Bertz CT molecular complexity index is 1030. The highest BCUT2D eigenvalue weighted by Crippen LogP contribution is 2.60. The molecule has 3 amide bonds. The number of hydrogen-bond acceptors (Lipinski definition) is 3. The van der Waals surface area contributed by atoms with Gasteiger partial charge in [-0.2, -0.15) is 0 Å². The molecule has 0 unspecified atom stereocenters. The standard InChI is InChI=1S/C28H33N3O3/c32-25(18-30-27(34)28-15-20-12-21(16-28)14-22(13-20)17-28)31-24-9-5-4-8-23(24)26(33)29-11-10-19-6-2-1-3-7-19/h1-9,20-22H,10-18H2,(H,29,33)(H,30,34)(H,31,32). The topological polar surface area (TPSA) is 87.3 Å². The monoisotopic (exact) mass is 459 g/mol. The van der Waals surface area contributed by atoms with Crippen molar-refractivity contribution in [3.8, 4) is 0 Å². The molecule has 0 spiro atoms. The molecule has 0 heterocycles. The van der Waals surface area contributed by atoms with Crippen LogP contribution in [0.15, 0.2) is 54.6 Å². The molecule has 4 fully saturated rings. The molecule has 0 aliphatic heterocycles. The number of amides is 3. The van der Waals surface area contributed by atoms with Gasteiger partial charge >= 0.3 is 0 Å². The van der Waals surface area contributed by atoms with Crippen molar-refractivity contribution in [3.63, 3.8) is 0 Å². The number of carbonyl (C=O) groups excluding carboxylic acids is 3. The summed E-state index contributed by atoms with van der Waals surface area (Å²) in [4.78, 5) is 38.5. The van der Waals surface area contributed by atoms with Crippen LogP contribution in [0.3, 0.4) is 0 Å². The van der Waals surface area contributed by atoms with Crippen molar-refractivity contribution in [2.24, 2.45) is 23.2 Å². The fourth-order valence-electron chi connectivity index (χ4n) is 6.78. The van der Waals surface area contributed by atoms with Crippen LogP contribution in [0.1, 0.15) is 54.4 Å². The van der Waals surface area contributed by atoms with Crippen LogP contribution < -0.4 is 16.0 Å². The van der Waals surface area contributed by atoms with Crippen molar-refractivity contribution < 1.29 is 14.4 Å². The number of para-hydroxylation sites is 1. The first-order chi connectivity index (χ1) is 16.5. The fraction of sp³-hybridized carbons (Fsp3) is 0.464. The van der Waals surface area contributed by atoms with Gasteiger partial charge in [0.05, 0.1) is 17.8 Å². The number of benzene rings is 2. The zero-order valence-electron chi connectivity index (χ0n) is 19.5. The number of carbonyl (C=O) groups is 3. The minimum absolute atomic E-state index is 0.0358. The number of rotatable bonds is 8. The Morgan fingerprint density at radius 2 is 1.41 bits per heavy atom. The molecule has 6 heteroatoms.